The largest absolute Gasteiger partial charge is 1.00 e. The fraction of sp³-hybridized carbons (Fsp3) is 0.176. The average molecular weight is 380 g/mol. The minimum absolute atomic E-state index is 0. The molecule has 0 atom stereocenters. The highest BCUT2D eigenvalue weighted by Gasteiger charge is 2.44. The van der Waals surface area contributed by atoms with Crippen molar-refractivity contribution in [2.75, 3.05) is 12.3 Å². The van der Waals surface area contributed by atoms with Gasteiger partial charge < -0.3 is 24.0 Å². The molecule has 0 saturated heterocycles. The van der Waals surface area contributed by atoms with Crippen LogP contribution in [0.1, 0.15) is 6.92 Å². The van der Waals surface area contributed by atoms with Gasteiger partial charge in [0.15, 0.2) is 0 Å². The van der Waals surface area contributed by atoms with Gasteiger partial charge in [-0.2, -0.15) is 0 Å². The van der Waals surface area contributed by atoms with Crippen molar-refractivity contribution in [3.63, 3.8) is 0 Å². The van der Waals surface area contributed by atoms with Crippen molar-refractivity contribution in [2.45, 2.75) is 6.92 Å². The van der Waals surface area contributed by atoms with Crippen molar-refractivity contribution < 1.29 is 24.0 Å². The maximum Gasteiger partial charge on any atom is 0.0998 e. The number of hydrogen-bond donors (Lipinski definition) is 0. The van der Waals surface area contributed by atoms with Crippen molar-refractivity contribution in [1.82, 2.24) is 0 Å². The number of halogens is 1. The zero-order valence-corrected chi connectivity index (χ0v) is 14.1. The maximum atomic E-state index is 2.44. The Morgan fingerprint density at radius 2 is 1.26 bits per heavy atom. The minimum atomic E-state index is -1.20. The Kier molecular flexibility index (Phi) is 4.81. The summed E-state index contributed by atoms with van der Waals surface area (Å²) in [6.45, 7) is 2.27. The average Bonchev–Trinajstić information content (AvgIpc) is 2.84. The predicted molar refractivity (Wildman–Crippen MR) is 82.6 cm³/mol. The standard InChI is InChI=1S/C17H18P.HI/c1-15-12-13-18(14-15,16-8-4-2-5-9-16)17-10-6-3-7-11-17;/h2-12H,13-14H2,1H3;1H/q+1;/p-1. The van der Waals surface area contributed by atoms with Crippen LogP contribution in [0.2, 0.25) is 0 Å². The normalized spacial score (nSPS) is 16.6. The molecule has 3 rings (SSSR count). The Hall–Kier alpha value is -0.660. The van der Waals surface area contributed by atoms with Gasteiger partial charge in [-0.3, -0.25) is 0 Å². The molecule has 98 valence electrons. The van der Waals surface area contributed by atoms with Gasteiger partial charge in [0, 0.05) is 0 Å². The molecule has 0 saturated carbocycles. The highest BCUT2D eigenvalue weighted by Crippen LogP contribution is 2.60. The number of hydrogen-bond acceptors (Lipinski definition) is 0. The van der Waals surface area contributed by atoms with Crippen LogP contribution in [0.5, 0.6) is 0 Å². The summed E-state index contributed by atoms with van der Waals surface area (Å²) in [6, 6.07) is 22.2. The smallest absolute Gasteiger partial charge is 0.0998 e. The molecule has 0 N–H and O–H groups in total. The Labute approximate surface area is 133 Å². The topological polar surface area (TPSA) is 0 Å². The van der Waals surface area contributed by atoms with Gasteiger partial charge in [0.2, 0.25) is 0 Å². The van der Waals surface area contributed by atoms with E-state index >= 15 is 0 Å². The van der Waals surface area contributed by atoms with E-state index in [0.29, 0.717) is 0 Å². The Morgan fingerprint density at radius 3 is 1.63 bits per heavy atom. The van der Waals surface area contributed by atoms with Crippen molar-refractivity contribution in [1.29, 1.82) is 0 Å². The third-order valence-corrected chi connectivity index (χ3v) is 8.19. The summed E-state index contributed by atoms with van der Waals surface area (Å²) >= 11 is 0. The van der Waals surface area contributed by atoms with E-state index in [4.69, 9.17) is 0 Å². The molecule has 0 nitrogen and oxygen atoms in total. The lowest BCUT2D eigenvalue weighted by atomic mass is 10.3. The molecule has 1 heterocycles. The second kappa shape index (κ2) is 6.19. The number of benzene rings is 2. The summed E-state index contributed by atoms with van der Waals surface area (Å²) in [5.41, 5.74) is 1.55. The molecule has 0 amide bonds. The highest BCUT2D eigenvalue weighted by atomic mass is 127. The van der Waals surface area contributed by atoms with Crippen LogP contribution in [0.4, 0.5) is 0 Å². The SMILES string of the molecule is CC1=CC[P+](c2ccccc2)(c2ccccc2)C1.[I-]. The Balaban J connectivity index is 0.00000133. The van der Waals surface area contributed by atoms with E-state index in [9.17, 15) is 0 Å². The highest BCUT2D eigenvalue weighted by molar-refractivity contribution is 7.90. The first-order valence-corrected chi connectivity index (χ1v) is 8.61. The van der Waals surface area contributed by atoms with E-state index in [1.807, 2.05) is 0 Å². The molecule has 0 aliphatic carbocycles. The quantitative estimate of drug-likeness (QED) is 0.407. The van der Waals surface area contributed by atoms with Crippen LogP contribution in [-0.4, -0.2) is 12.3 Å². The first kappa shape index (κ1) is 14.7. The van der Waals surface area contributed by atoms with E-state index in [1.165, 1.54) is 12.3 Å². The molecular weight excluding hydrogens is 362 g/mol. The zero-order chi connectivity index (χ0) is 12.4. The molecule has 0 aromatic heterocycles. The Morgan fingerprint density at radius 1 is 0.789 bits per heavy atom. The fourth-order valence-corrected chi connectivity index (χ4v) is 7.14. The van der Waals surface area contributed by atoms with Gasteiger partial charge >= 0.3 is 0 Å². The fourth-order valence-electron chi connectivity index (χ4n) is 2.84. The van der Waals surface area contributed by atoms with E-state index in [0.717, 1.165) is 0 Å². The zero-order valence-electron chi connectivity index (χ0n) is 11.1. The van der Waals surface area contributed by atoms with Crippen LogP contribution in [0.25, 0.3) is 0 Å². The van der Waals surface area contributed by atoms with Gasteiger partial charge in [-0.25, -0.2) is 0 Å². The summed E-state index contributed by atoms with van der Waals surface area (Å²) in [5.74, 6) is 0. The van der Waals surface area contributed by atoms with E-state index in [-0.39, 0.29) is 24.0 Å². The molecular formula is C17H18IP. The molecule has 0 unspecified atom stereocenters. The summed E-state index contributed by atoms with van der Waals surface area (Å²) in [5, 5.41) is 3.09. The van der Waals surface area contributed by atoms with Crippen molar-refractivity contribution in [3.05, 3.63) is 72.3 Å². The molecule has 2 aromatic carbocycles. The minimum Gasteiger partial charge on any atom is -1.00 e. The van der Waals surface area contributed by atoms with E-state index in [1.54, 1.807) is 16.2 Å². The molecule has 0 radical (unpaired) electrons. The second-order valence-corrected chi connectivity index (χ2v) is 8.68. The third kappa shape index (κ3) is 2.78. The lowest BCUT2D eigenvalue weighted by Gasteiger charge is -2.22. The first-order valence-electron chi connectivity index (χ1n) is 6.45. The van der Waals surface area contributed by atoms with Crippen LogP contribution < -0.4 is 34.6 Å². The first-order chi connectivity index (χ1) is 8.81. The molecule has 0 fully saturated rings. The molecule has 1 aliphatic rings. The lowest BCUT2D eigenvalue weighted by Crippen LogP contribution is -3.00. The van der Waals surface area contributed by atoms with Crippen LogP contribution in [0.15, 0.2) is 72.3 Å². The molecule has 0 bridgehead atoms. The summed E-state index contributed by atoms with van der Waals surface area (Å²) in [6.07, 6.45) is 4.92. The molecule has 19 heavy (non-hydrogen) atoms. The predicted octanol–water partition coefficient (Wildman–Crippen LogP) is 0.619. The van der Waals surface area contributed by atoms with E-state index < -0.39 is 7.26 Å². The van der Waals surface area contributed by atoms with Gasteiger partial charge in [-0.1, -0.05) is 36.4 Å². The van der Waals surface area contributed by atoms with Gasteiger partial charge in [0.05, 0.1) is 30.2 Å². The van der Waals surface area contributed by atoms with E-state index in [2.05, 4.69) is 73.7 Å². The molecule has 0 spiro atoms. The van der Waals surface area contributed by atoms with Crippen LogP contribution in [0, 0.1) is 0 Å². The Bertz CT molecular complexity index is 521. The van der Waals surface area contributed by atoms with Crippen molar-refractivity contribution in [2.24, 2.45) is 0 Å². The third-order valence-electron chi connectivity index (χ3n) is 3.77. The van der Waals surface area contributed by atoms with Gasteiger partial charge in [0.25, 0.3) is 0 Å². The van der Waals surface area contributed by atoms with Crippen molar-refractivity contribution in [3.8, 4) is 0 Å². The van der Waals surface area contributed by atoms with Gasteiger partial charge in [-0.05, 0) is 42.8 Å². The number of rotatable bonds is 2. The molecule has 1 aliphatic heterocycles. The summed E-state index contributed by atoms with van der Waals surface area (Å²) in [4.78, 5) is 0. The summed E-state index contributed by atoms with van der Waals surface area (Å²) < 4.78 is 0. The number of allylic oxidation sites excluding steroid dienone is 2. The monoisotopic (exact) mass is 380 g/mol. The van der Waals surface area contributed by atoms with Crippen LogP contribution >= 0.6 is 7.26 Å². The second-order valence-electron chi connectivity index (χ2n) is 5.03. The van der Waals surface area contributed by atoms with Crippen LogP contribution in [0.3, 0.4) is 0 Å². The van der Waals surface area contributed by atoms with Gasteiger partial charge in [-0.15, -0.1) is 0 Å². The van der Waals surface area contributed by atoms with Gasteiger partial charge in [0.1, 0.15) is 0 Å². The van der Waals surface area contributed by atoms with Crippen molar-refractivity contribution >= 4 is 17.9 Å². The summed E-state index contributed by atoms with van der Waals surface area (Å²) in [7, 11) is -1.20. The molecule has 2 heteroatoms. The van der Waals surface area contributed by atoms with Crippen LogP contribution in [-0.2, 0) is 0 Å². The molecule has 2 aromatic rings. The lowest BCUT2D eigenvalue weighted by molar-refractivity contribution is -0.00000361. The maximum absolute atomic E-state index is 2.44.